The molecule has 0 aromatic heterocycles. The number of amides is 2. The maximum Gasteiger partial charge on any atom is 0.245 e. The minimum atomic E-state index is -1.38. The number of rotatable bonds is 4. The van der Waals surface area contributed by atoms with Crippen molar-refractivity contribution in [3.63, 3.8) is 0 Å². The van der Waals surface area contributed by atoms with Gasteiger partial charge in [0.05, 0.1) is 6.61 Å². The molecule has 1 fully saturated rings. The molecule has 98 valence electrons. The molecule has 1 heterocycles. The molecule has 0 radical (unpaired) electrons. The summed E-state index contributed by atoms with van der Waals surface area (Å²) < 4.78 is 10.7. The molecule has 0 saturated carbocycles. The first-order chi connectivity index (χ1) is 8.12. The molecule has 2 amide bonds. The molecule has 0 spiro atoms. The summed E-state index contributed by atoms with van der Waals surface area (Å²) >= 11 is 10.8. The number of alkyl halides is 2. The average molecular weight is 285 g/mol. The quantitative estimate of drug-likeness (QED) is 0.553. The third kappa shape index (κ3) is 4.67. The van der Waals surface area contributed by atoms with Crippen molar-refractivity contribution in [1.82, 2.24) is 10.6 Å². The lowest BCUT2D eigenvalue weighted by Gasteiger charge is -2.32. The van der Waals surface area contributed by atoms with Gasteiger partial charge in [-0.2, -0.15) is 0 Å². The molecule has 1 aliphatic heterocycles. The second kappa shape index (κ2) is 7.00. The second-order valence-corrected chi connectivity index (χ2v) is 3.98. The van der Waals surface area contributed by atoms with E-state index in [4.69, 9.17) is 32.7 Å². The van der Waals surface area contributed by atoms with Crippen LogP contribution >= 0.6 is 23.2 Å². The van der Waals surface area contributed by atoms with Crippen LogP contribution in [0.4, 0.5) is 0 Å². The summed E-state index contributed by atoms with van der Waals surface area (Å²) in [6.45, 7) is 0.860. The summed E-state index contributed by atoms with van der Waals surface area (Å²) in [4.78, 5) is 22.6. The van der Waals surface area contributed by atoms with Crippen LogP contribution in [0.25, 0.3) is 0 Å². The highest BCUT2D eigenvalue weighted by Crippen LogP contribution is 2.10. The minimum Gasteiger partial charge on any atom is -0.374 e. The highest BCUT2D eigenvalue weighted by Gasteiger charge is 2.36. The predicted molar refractivity (Wildman–Crippen MR) is 61.8 cm³/mol. The number of halogens is 2. The van der Waals surface area contributed by atoms with E-state index in [1.165, 1.54) is 0 Å². The van der Waals surface area contributed by atoms with Crippen molar-refractivity contribution in [2.24, 2.45) is 0 Å². The van der Waals surface area contributed by atoms with Crippen LogP contribution in [0, 0.1) is 0 Å². The zero-order valence-corrected chi connectivity index (χ0v) is 10.6. The Kier molecular flexibility index (Phi) is 5.97. The largest absolute Gasteiger partial charge is 0.374 e. The first-order valence-electron chi connectivity index (χ1n) is 5.07. The summed E-state index contributed by atoms with van der Waals surface area (Å²) in [7, 11) is 0. The van der Waals surface area contributed by atoms with Gasteiger partial charge in [0, 0.05) is 6.61 Å². The minimum absolute atomic E-state index is 0.0122. The number of carbonyl (C=O) groups is 2. The van der Waals surface area contributed by atoms with E-state index in [0.29, 0.717) is 19.6 Å². The van der Waals surface area contributed by atoms with Crippen molar-refractivity contribution in [2.45, 2.75) is 12.3 Å². The van der Waals surface area contributed by atoms with Crippen molar-refractivity contribution < 1.29 is 19.1 Å². The Hall–Kier alpha value is -0.560. The molecule has 0 bridgehead atoms. The van der Waals surface area contributed by atoms with Crippen molar-refractivity contribution >= 4 is 35.0 Å². The molecular weight excluding hydrogens is 271 g/mol. The van der Waals surface area contributed by atoms with E-state index < -0.39 is 17.7 Å². The standard InChI is InChI=1S/C9H14Cl2N2O4/c10-4-7(14)12-9(13-8(15)5-11)6-16-2-1-3-17-9/h1-6H2,(H,12,14)(H,13,15). The zero-order chi connectivity index (χ0) is 12.7. The van der Waals surface area contributed by atoms with Crippen LogP contribution in [0.2, 0.25) is 0 Å². The van der Waals surface area contributed by atoms with Gasteiger partial charge in [-0.25, -0.2) is 0 Å². The number of hydrogen-bond acceptors (Lipinski definition) is 4. The van der Waals surface area contributed by atoms with Gasteiger partial charge < -0.3 is 20.1 Å². The molecule has 17 heavy (non-hydrogen) atoms. The van der Waals surface area contributed by atoms with E-state index in [1.807, 2.05) is 0 Å². The molecule has 1 aliphatic rings. The lowest BCUT2D eigenvalue weighted by Crippen LogP contribution is -2.65. The lowest BCUT2D eigenvalue weighted by molar-refractivity contribution is -0.152. The fourth-order valence-corrected chi connectivity index (χ4v) is 1.49. The highest BCUT2D eigenvalue weighted by atomic mass is 35.5. The molecule has 0 aromatic rings. The van der Waals surface area contributed by atoms with Gasteiger partial charge in [0.1, 0.15) is 18.4 Å². The van der Waals surface area contributed by atoms with Crippen LogP contribution in [0.1, 0.15) is 6.42 Å². The van der Waals surface area contributed by atoms with Gasteiger partial charge in [-0.15, -0.1) is 23.2 Å². The molecule has 0 aliphatic carbocycles. The van der Waals surface area contributed by atoms with E-state index in [2.05, 4.69) is 10.6 Å². The smallest absolute Gasteiger partial charge is 0.245 e. The number of ether oxygens (including phenoxy) is 2. The number of hydrogen-bond donors (Lipinski definition) is 2. The fraction of sp³-hybridized carbons (Fsp3) is 0.778. The fourth-order valence-electron chi connectivity index (χ4n) is 1.36. The molecule has 2 N–H and O–H groups in total. The van der Waals surface area contributed by atoms with Gasteiger partial charge in [-0.3, -0.25) is 9.59 Å². The van der Waals surface area contributed by atoms with Crippen molar-refractivity contribution in [3.05, 3.63) is 0 Å². The van der Waals surface area contributed by atoms with Crippen molar-refractivity contribution in [3.8, 4) is 0 Å². The highest BCUT2D eigenvalue weighted by molar-refractivity contribution is 6.27. The van der Waals surface area contributed by atoms with Crippen LogP contribution in [0.5, 0.6) is 0 Å². The lowest BCUT2D eigenvalue weighted by atomic mass is 10.4. The maximum absolute atomic E-state index is 11.3. The molecule has 6 nitrogen and oxygen atoms in total. The van der Waals surface area contributed by atoms with Gasteiger partial charge in [-0.05, 0) is 6.42 Å². The monoisotopic (exact) mass is 284 g/mol. The van der Waals surface area contributed by atoms with E-state index in [-0.39, 0.29) is 18.4 Å². The molecule has 0 aromatic carbocycles. The molecule has 1 rings (SSSR count). The SMILES string of the molecule is O=C(CCl)NC1(NC(=O)CCl)COCCCO1. The van der Waals surface area contributed by atoms with E-state index in [0.717, 1.165) is 0 Å². The van der Waals surface area contributed by atoms with Gasteiger partial charge in [0.25, 0.3) is 0 Å². The van der Waals surface area contributed by atoms with Gasteiger partial charge in [0.2, 0.25) is 17.7 Å². The summed E-state index contributed by atoms with van der Waals surface area (Å²) in [6, 6.07) is 0. The number of nitrogens with one attached hydrogen (secondary N) is 2. The molecular formula is C9H14Cl2N2O4. The Morgan fingerprint density at radius 3 is 2.24 bits per heavy atom. The van der Waals surface area contributed by atoms with Gasteiger partial charge in [-0.1, -0.05) is 0 Å². The Morgan fingerprint density at radius 1 is 1.12 bits per heavy atom. The summed E-state index contributed by atoms with van der Waals surface area (Å²) in [5, 5.41) is 4.96. The first kappa shape index (κ1) is 14.5. The van der Waals surface area contributed by atoms with Crippen LogP contribution in [0.3, 0.4) is 0 Å². The maximum atomic E-state index is 11.3. The zero-order valence-electron chi connectivity index (χ0n) is 9.13. The van der Waals surface area contributed by atoms with Crippen LogP contribution in [-0.4, -0.2) is 49.2 Å². The molecule has 0 atom stereocenters. The Labute approximate surface area is 109 Å². The van der Waals surface area contributed by atoms with E-state index in [1.54, 1.807) is 0 Å². The summed E-state index contributed by atoms with van der Waals surface area (Å²) in [5.74, 6) is -2.78. The van der Waals surface area contributed by atoms with Crippen molar-refractivity contribution in [2.75, 3.05) is 31.6 Å². The molecule has 8 heteroatoms. The molecule has 0 unspecified atom stereocenters. The summed E-state index contributed by atoms with van der Waals surface area (Å²) in [6.07, 6.45) is 0.676. The normalized spacial score (nSPS) is 19.2. The third-order valence-electron chi connectivity index (χ3n) is 2.01. The van der Waals surface area contributed by atoms with E-state index >= 15 is 0 Å². The topological polar surface area (TPSA) is 76.7 Å². The van der Waals surface area contributed by atoms with Crippen LogP contribution in [-0.2, 0) is 19.1 Å². The first-order valence-corrected chi connectivity index (χ1v) is 6.14. The Balaban J connectivity index is 2.73. The molecule has 1 saturated heterocycles. The number of carbonyl (C=O) groups excluding carboxylic acids is 2. The predicted octanol–water partition coefficient (Wildman–Crippen LogP) is -0.213. The Bertz CT molecular complexity index is 260. The van der Waals surface area contributed by atoms with E-state index in [9.17, 15) is 9.59 Å². The average Bonchev–Trinajstić information content (AvgIpc) is 2.54. The van der Waals surface area contributed by atoms with Crippen LogP contribution in [0.15, 0.2) is 0 Å². The van der Waals surface area contributed by atoms with Crippen LogP contribution < -0.4 is 10.6 Å². The Morgan fingerprint density at radius 2 is 1.71 bits per heavy atom. The van der Waals surface area contributed by atoms with Gasteiger partial charge in [0.15, 0.2) is 0 Å². The van der Waals surface area contributed by atoms with Crippen molar-refractivity contribution in [1.29, 1.82) is 0 Å². The summed E-state index contributed by atoms with van der Waals surface area (Å²) in [5.41, 5.74) is 0. The third-order valence-corrected chi connectivity index (χ3v) is 2.50. The second-order valence-electron chi connectivity index (χ2n) is 3.45. The van der Waals surface area contributed by atoms with Gasteiger partial charge >= 0.3 is 0 Å².